The summed E-state index contributed by atoms with van der Waals surface area (Å²) in [4.78, 5) is 13.4. The summed E-state index contributed by atoms with van der Waals surface area (Å²) in [5, 5.41) is 8.56. The van der Waals surface area contributed by atoms with Gasteiger partial charge in [0.1, 0.15) is 17.3 Å². The van der Waals surface area contributed by atoms with E-state index in [0.717, 1.165) is 48.5 Å². The predicted molar refractivity (Wildman–Crippen MR) is 127 cm³/mol. The number of nitrogens with two attached hydrogens (primary N) is 1. The van der Waals surface area contributed by atoms with Crippen LogP contribution in [0.5, 0.6) is 11.5 Å². The molecule has 0 unspecified atom stereocenters. The largest absolute Gasteiger partial charge is 0.573 e. The minimum atomic E-state index is -5.24. The van der Waals surface area contributed by atoms with E-state index in [1.165, 1.54) is 0 Å². The zero-order valence-electron chi connectivity index (χ0n) is 21.0. The van der Waals surface area contributed by atoms with Crippen molar-refractivity contribution in [3.8, 4) is 11.5 Å². The smallest absolute Gasteiger partial charge is 0.406 e. The highest BCUT2D eigenvalue weighted by Gasteiger charge is 2.41. The maximum atomic E-state index is 13.9. The molecule has 0 aromatic heterocycles. The van der Waals surface area contributed by atoms with Crippen LogP contribution in [-0.2, 0) is 11.7 Å². The van der Waals surface area contributed by atoms with Crippen LogP contribution in [0.1, 0.15) is 33.5 Å². The van der Waals surface area contributed by atoms with Gasteiger partial charge in [-0.3, -0.25) is 4.79 Å². The van der Waals surface area contributed by atoms with Crippen LogP contribution in [0.2, 0.25) is 0 Å². The number of nitrogens with zero attached hydrogens (tertiary/aromatic N) is 2. The molecule has 0 aliphatic heterocycles. The number of halogens is 10. The second kappa shape index (κ2) is 12.1. The number of ether oxygens (including phenoxy) is 2. The monoisotopic (exact) mass is 625 g/mol. The second-order valence-electron chi connectivity index (χ2n) is 8.54. The van der Waals surface area contributed by atoms with Gasteiger partial charge in [0.05, 0.1) is 11.1 Å². The zero-order valence-corrected chi connectivity index (χ0v) is 21.0. The molecule has 8 nitrogen and oxygen atoms in total. The van der Waals surface area contributed by atoms with Gasteiger partial charge >= 0.3 is 18.9 Å². The molecule has 0 aliphatic rings. The average molecular weight is 625 g/mol. The first kappa shape index (κ1) is 32.6. The van der Waals surface area contributed by atoms with Crippen molar-refractivity contribution in [2.45, 2.75) is 30.9 Å². The fourth-order valence-electron chi connectivity index (χ4n) is 3.98. The minimum Gasteiger partial charge on any atom is -0.406 e. The molecule has 4 N–H and O–H groups in total. The fourth-order valence-corrected chi connectivity index (χ4v) is 3.98. The van der Waals surface area contributed by atoms with Gasteiger partial charge in [0, 0.05) is 12.0 Å². The molecule has 0 heterocycles. The van der Waals surface area contributed by atoms with E-state index in [1.54, 1.807) is 0 Å². The maximum Gasteiger partial charge on any atom is 0.573 e. The van der Waals surface area contributed by atoms with Gasteiger partial charge in [0.2, 0.25) is 0 Å². The second-order valence-corrected chi connectivity index (χ2v) is 8.54. The number of amidine groups is 1. The number of carbonyl (C=O) groups is 1. The standard InChI is InChI=1S/C25H17F10N5O3/c26-19-8-7-13(9-18(19)23(27,28)29)21(41)38-22(12-20(39-36)40-37,14-3-1-5-16(10-14)42-24(30,31)32)15-4-2-6-17(11-15)43-25(33,34)35/h1-11,36H,12,37H2,(H,38,41). The lowest BCUT2D eigenvalue weighted by Crippen LogP contribution is -2.48. The molecule has 3 aromatic carbocycles. The Hall–Kier alpha value is -4.90. The van der Waals surface area contributed by atoms with Gasteiger partial charge in [-0.25, -0.2) is 9.92 Å². The van der Waals surface area contributed by atoms with Gasteiger partial charge in [-0.2, -0.15) is 18.3 Å². The van der Waals surface area contributed by atoms with Crippen molar-refractivity contribution in [3.05, 3.63) is 94.8 Å². The highest BCUT2D eigenvalue weighted by molar-refractivity contribution is 5.96. The van der Waals surface area contributed by atoms with E-state index < -0.39 is 71.0 Å². The molecular formula is C25H17F10N5O3. The number of rotatable bonds is 8. The summed E-state index contributed by atoms with van der Waals surface area (Å²) >= 11 is 0. The summed E-state index contributed by atoms with van der Waals surface area (Å²) in [5.74, 6) is -0.259. The third-order valence-corrected chi connectivity index (χ3v) is 5.68. The van der Waals surface area contributed by atoms with Crippen molar-refractivity contribution >= 4 is 11.7 Å². The molecule has 0 radical (unpaired) electrons. The van der Waals surface area contributed by atoms with Crippen molar-refractivity contribution in [1.29, 1.82) is 5.53 Å². The molecule has 0 aliphatic carbocycles. The van der Waals surface area contributed by atoms with Crippen LogP contribution in [0, 0.1) is 11.3 Å². The molecule has 18 heteroatoms. The van der Waals surface area contributed by atoms with Gasteiger partial charge in [-0.1, -0.05) is 24.3 Å². The minimum absolute atomic E-state index is 0.147. The van der Waals surface area contributed by atoms with Crippen LogP contribution in [0.4, 0.5) is 43.9 Å². The molecule has 1 amide bonds. The number of benzene rings is 3. The van der Waals surface area contributed by atoms with Crippen molar-refractivity contribution < 1.29 is 58.2 Å². The molecule has 0 fully saturated rings. The van der Waals surface area contributed by atoms with Crippen molar-refractivity contribution in [2.24, 2.45) is 16.1 Å². The van der Waals surface area contributed by atoms with Gasteiger partial charge in [-0.05, 0) is 53.6 Å². The summed E-state index contributed by atoms with van der Waals surface area (Å²) in [6, 6.07) is 8.44. The lowest BCUT2D eigenvalue weighted by Gasteiger charge is -2.36. The Labute approximate surface area is 234 Å². The normalized spacial score (nSPS) is 12.9. The Kier molecular flexibility index (Phi) is 9.21. The molecule has 230 valence electrons. The van der Waals surface area contributed by atoms with Crippen molar-refractivity contribution in [1.82, 2.24) is 5.32 Å². The summed E-state index contributed by atoms with van der Waals surface area (Å²) in [6.45, 7) is 0. The van der Waals surface area contributed by atoms with E-state index in [1.807, 2.05) is 0 Å². The quantitative estimate of drug-likeness (QED) is 0.0623. The first-order valence-corrected chi connectivity index (χ1v) is 11.4. The van der Waals surface area contributed by atoms with E-state index in [-0.39, 0.29) is 17.2 Å². The van der Waals surface area contributed by atoms with Gasteiger partial charge in [0.15, 0.2) is 5.84 Å². The van der Waals surface area contributed by atoms with Crippen LogP contribution in [0.25, 0.3) is 0 Å². The Morgan fingerprint density at radius 1 is 0.814 bits per heavy atom. The lowest BCUT2D eigenvalue weighted by molar-refractivity contribution is -0.275. The van der Waals surface area contributed by atoms with E-state index in [4.69, 9.17) is 11.4 Å². The fraction of sp³-hybridized carbons (Fsp3) is 0.200. The Morgan fingerprint density at radius 2 is 1.33 bits per heavy atom. The van der Waals surface area contributed by atoms with E-state index >= 15 is 0 Å². The predicted octanol–water partition coefficient (Wildman–Crippen LogP) is 7.01. The molecule has 0 spiro atoms. The van der Waals surface area contributed by atoms with E-state index in [9.17, 15) is 48.7 Å². The summed E-state index contributed by atoms with van der Waals surface area (Å²) in [5.41, 5.74) is 1.61. The highest BCUT2D eigenvalue weighted by Crippen LogP contribution is 2.39. The third kappa shape index (κ3) is 8.32. The summed E-state index contributed by atoms with van der Waals surface area (Å²) < 4.78 is 140. The van der Waals surface area contributed by atoms with E-state index in [0.29, 0.717) is 12.1 Å². The Balaban J connectivity index is 2.33. The van der Waals surface area contributed by atoms with Gasteiger partial charge in [0.25, 0.3) is 5.91 Å². The van der Waals surface area contributed by atoms with Gasteiger partial charge in [-0.15, -0.1) is 31.5 Å². The first-order valence-electron chi connectivity index (χ1n) is 11.4. The topological polar surface area (TPSA) is 122 Å². The van der Waals surface area contributed by atoms with Crippen LogP contribution < -0.4 is 20.6 Å². The number of hydrogen-bond acceptors (Lipinski definition) is 6. The summed E-state index contributed by atoms with van der Waals surface area (Å²) in [7, 11) is 0. The number of amides is 1. The molecular weight excluding hydrogens is 608 g/mol. The maximum absolute atomic E-state index is 13.9. The third-order valence-electron chi connectivity index (χ3n) is 5.68. The van der Waals surface area contributed by atoms with Gasteiger partial charge < -0.3 is 20.6 Å². The molecule has 0 saturated heterocycles. The molecule has 3 aromatic rings. The number of nitrogens with one attached hydrogen (secondary N) is 2. The molecule has 0 bridgehead atoms. The molecule has 3 rings (SSSR count). The zero-order chi connectivity index (χ0) is 32.2. The van der Waals surface area contributed by atoms with Crippen LogP contribution in [-0.4, -0.2) is 24.5 Å². The van der Waals surface area contributed by atoms with Crippen LogP contribution >= 0.6 is 0 Å². The SMILES string of the molecule is N=NC(CC(NC(=O)c1ccc(F)c(C(F)(F)F)c1)(c1cccc(OC(F)(F)F)c1)c1cccc(OC(F)(F)F)c1)=NN. The average Bonchev–Trinajstić information content (AvgIpc) is 2.89. The number of hydrazone groups is 1. The number of hydrogen-bond donors (Lipinski definition) is 3. The van der Waals surface area contributed by atoms with Crippen LogP contribution in [0.15, 0.2) is 76.9 Å². The summed E-state index contributed by atoms with van der Waals surface area (Å²) in [6.07, 6.45) is -16.5. The lowest BCUT2D eigenvalue weighted by atomic mass is 9.79. The Morgan fingerprint density at radius 3 is 1.74 bits per heavy atom. The van der Waals surface area contributed by atoms with Crippen molar-refractivity contribution in [2.75, 3.05) is 0 Å². The molecule has 0 saturated carbocycles. The van der Waals surface area contributed by atoms with Crippen molar-refractivity contribution in [3.63, 3.8) is 0 Å². The first-order chi connectivity index (χ1) is 19.9. The highest BCUT2D eigenvalue weighted by atomic mass is 19.4. The molecule has 43 heavy (non-hydrogen) atoms. The number of alkyl halides is 9. The number of carbonyl (C=O) groups excluding carboxylic acids is 1. The Bertz CT molecular complexity index is 1460. The molecule has 0 atom stereocenters. The van der Waals surface area contributed by atoms with Crippen LogP contribution in [0.3, 0.4) is 0 Å². The van der Waals surface area contributed by atoms with E-state index in [2.05, 4.69) is 25.0 Å².